The van der Waals surface area contributed by atoms with Gasteiger partial charge in [0.1, 0.15) is 0 Å². The zero-order chi connectivity index (χ0) is 15.2. The van der Waals surface area contributed by atoms with Crippen LogP contribution in [0.1, 0.15) is 24.1 Å². The van der Waals surface area contributed by atoms with Crippen LogP contribution in [0.4, 0.5) is 5.69 Å². The highest BCUT2D eigenvalue weighted by Crippen LogP contribution is 2.26. The molecule has 2 aromatic carbocycles. The summed E-state index contributed by atoms with van der Waals surface area (Å²) >= 11 is 3.65. The number of halogens is 1. The van der Waals surface area contributed by atoms with Crippen molar-refractivity contribution in [3.8, 4) is 0 Å². The Morgan fingerprint density at radius 1 is 1.10 bits per heavy atom. The Bertz CT molecular complexity index is 581. The summed E-state index contributed by atoms with van der Waals surface area (Å²) in [4.78, 5) is 2.14. The quantitative estimate of drug-likeness (QED) is 0.833. The SMILES string of the molecule is CCNC(Cc1ccccc1Br)c1cccc(N(C)C)c1. The predicted molar refractivity (Wildman–Crippen MR) is 95.0 cm³/mol. The van der Waals surface area contributed by atoms with E-state index >= 15 is 0 Å². The molecule has 2 nitrogen and oxygen atoms in total. The molecule has 2 rings (SSSR count). The Kier molecular flexibility index (Phi) is 5.83. The van der Waals surface area contributed by atoms with Gasteiger partial charge in [-0.3, -0.25) is 0 Å². The predicted octanol–water partition coefficient (Wildman–Crippen LogP) is 4.41. The van der Waals surface area contributed by atoms with Crippen LogP contribution < -0.4 is 10.2 Å². The third-order valence-corrected chi connectivity index (χ3v) is 4.39. The average Bonchev–Trinajstić information content (AvgIpc) is 2.49. The topological polar surface area (TPSA) is 15.3 Å². The smallest absolute Gasteiger partial charge is 0.0364 e. The van der Waals surface area contributed by atoms with Crippen LogP contribution in [-0.2, 0) is 6.42 Å². The molecule has 0 aliphatic rings. The van der Waals surface area contributed by atoms with E-state index in [0.717, 1.165) is 13.0 Å². The fourth-order valence-electron chi connectivity index (χ4n) is 2.46. The van der Waals surface area contributed by atoms with Gasteiger partial charge in [-0.1, -0.05) is 53.2 Å². The summed E-state index contributed by atoms with van der Waals surface area (Å²) in [5.74, 6) is 0. The van der Waals surface area contributed by atoms with E-state index in [1.165, 1.54) is 21.3 Å². The number of hydrogen-bond donors (Lipinski definition) is 1. The summed E-state index contributed by atoms with van der Waals surface area (Å²) in [5.41, 5.74) is 3.90. The zero-order valence-electron chi connectivity index (χ0n) is 12.9. The number of likely N-dealkylation sites (N-methyl/N-ethyl adjacent to an activating group) is 1. The number of rotatable bonds is 6. The van der Waals surface area contributed by atoms with Crippen LogP contribution in [0.25, 0.3) is 0 Å². The van der Waals surface area contributed by atoms with Gasteiger partial charge >= 0.3 is 0 Å². The minimum absolute atomic E-state index is 0.327. The molecule has 1 N–H and O–H groups in total. The lowest BCUT2D eigenvalue weighted by Crippen LogP contribution is -2.23. The van der Waals surface area contributed by atoms with Gasteiger partial charge in [-0.15, -0.1) is 0 Å². The Balaban J connectivity index is 2.26. The molecule has 1 atom stereocenters. The van der Waals surface area contributed by atoms with Gasteiger partial charge in [0, 0.05) is 30.3 Å². The van der Waals surface area contributed by atoms with Crippen molar-refractivity contribution >= 4 is 21.6 Å². The van der Waals surface area contributed by atoms with Crippen LogP contribution in [0.2, 0.25) is 0 Å². The number of benzene rings is 2. The third kappa shape index (κ3) is 4.32. The van der Waals surface area contributed by atoms with Crippen molar-refractivity contribution in [3.05, 3.63) is 64.1 Å². The number of nitrogens with one attached hydrogen (secondary N) is 1. The van der Waals surface area contributed by atoms with Crippen LogP contribution in [0.5, 0.6) is 0 Å². The maximum atomic E-state index is 3.65. The Labute approximate surface area is 136 Å². The minimum atomic E-state index is 0.327. The van der Waals surface area contributed by atoms with E-state index in [4.69, 9.17) is 0 Å². The zero-order valence-corrected chi connectivity index (χ0v) is 14.5. The normalized spacial score (nSPS) is 12.2. The maximum Gasteiger partial charge on any atom is 0.0364 e. The molecular formula is C18H23BrN2. The first-order chi connectivity index (χ1) is 10.1. The summed E-state index contributed by atoms with van der Waals surface area (Å²) in [5, 5.41) is 3.60. The minimum Gasteiger partial charge on any atom is -0.378 e. The van der Waals surface area contributed by atoms with E-state index in [2.05, 4.69) is 95.7 Å². The van der Waals surface area contributed by atoms with Crippen LogP contribution in [0.15, 0.2) is 53.0 Å². The number of hydrogen-bond acceptors (Lipinski definition) is 2. The van der Waals surface area contributed by atoms with Gasteiger partial charge < -0.3 is 10.2 Å². The van der Waals surface area contributed by atoms with E-state index in [0.29, 0.717) is 6.04 Å². The monoisotopic (exact) mass is 346 g/mol. The average molecular weight is 347 g/mol. The van der Waals surface area contributed by atoms with Crippen molar-refractivity contribution in [1.29, 1.82) is 0 Å². The van der Waals surface area contributed by atoms with Gasteiger partial charge in [0.15, 0.2) is 0 Å². The molecule has 0 spiro atoms. The number of anilines is 1. The Morgan fingerprint density at radius 3 is 2.52 bits per heavy atom. The van der Waals surface area contributed by atoms with Gasteiger partial charge in [0.05, 0.1) is 0 Å². The van der Waals surface area contributed by atoms with E-state index < -0.39 is 0 Å². The van der Waals surface area contributed by atoms with Crippen LogP contribution >= 0.6 is 15.9 Å². The second kappa shape index (κ2) is 7.62. The summed E-state index contributed by atoms with van der Waals surface area (Å²) in [6.45, 7) is 3.12. The Morgan fingerprint density at radius 2 is 1.86 bits per heavy atom. The maximum absolute atomic E-state index is 3.65. The van der Waals surface area contributed by atoms with Gasteiger partial charge in [-0.25, -0.2) is 0 Å². The summed E-state index contributed by atoms with van der Waals surface area (Å²) in [7, 11) is 4.16. The molecule has 0 radical (unpaired) electrons. The molecule has 2 aromatic rings. The van der Waals surface area contributed by atoms with Crippen molar-refractivity contribution in [1.82, 2.24) is 5.32 Å². The molecule has 0 aliphatic heterocycles. The molecule has 0 amide bonds. The molecular weight excluding hydrogens is 324 g/mol. The van der Waals surface area contributed by atoms with Crippen LogP contribution in [-0.4, -0.2) is 20.6 Å². The van der Waals surface area contributed by atoms with Crippen molar-refractivity contribution in [3.63, 3.8) is 0 Å². The molecule has 112 valence electrons. The lowest BCUT2D eigenvalue weighted by Gasteiger charge is -2.21. The summed E-state index contributed by atoms with van der Waals surface area (Å²) in [6.07, 6.45) is 0.978. The summed E-state index contributed by atoms with van der Waals surface area (Å²) < 4.78 is 1.18. The second-order valence-corrected chi connectivity index (χ2v) is 6.25. The highest BCUT2D eigenvalue weighted by molar-refractivity contribution is 9.10. The standard InChI is InChI=1S/C18H23BrN2/c1-4-20-18(13-14-8-5-6-11-17(14)19)15-9-7-10-16(12-15)21(2)3/h5-12,18,20H,4,13H2,1-3H3. The highest BCUT2D eigenvalue weighted by Gasteiger charge is 2.13. The first-order valence-corrected chi connectivity index (χ1v) is 8.15. The number of nitrogens with zero attached hydrogens (tertiary/aromatic N) is 1. The lowest BCUT2D eigenvalue weighted by atomic mass is 9.98. The fourth-order valence-corrected chi connectivity index (χ4v) is 2.90. The fraction of sp³-hybridized carbons (Fsp3) is 0.333. The van der Waals surface area contributed by atoms with E-state index in [9.17, 15) is 0 Å². The molecule has 0 saturated carbocycles. The van der Waals surface area contributed by atoms with E-state index in [1.54, 1.807) is 0 Å². The van der Waals surface area contributed by atoms with Crippen molar-refractivity contribution in [2.24, 2.45) is 0 Å². The van der Waals surface area contributed by atoms with Gasteiger partial charge in [0.2, 0.25) is 0 Å². The van der Waals surface area contributed by atoms with Gasteiger partial charge in [0.25, 0.3) is 0 Å². The van der Waals surface area contributed by atoms with Crippen LogP contribution in [0.3, 0.4) is 0 Å². The molecule has 21 heavy (non-hydrogen) atoms. The third-order valence-electron chi connectivity index (χ3n) is 3.62. The van der Waals surface area contributed by atoms with E-state index in [1.807, 2.05) is 0 Å². The van der Waals surface area contributed by atoms with Gasteiger partial charge in [-0.2, -0.15) is 0 Å². The van der Waals surface area contributed by atoms with Gasteiger partial charge in [-0.05, 0) is 42.3 Å². The molecule has 3 heteroatoms. The molecule has 1 unspecified atom stereocenters. The summed E-state index contributed by atoms with van der Waals surface area (Å²) in [6, 6.07) is 17.5. The largest absolute Gasteiger partial charge is 0.378 e. The van der Waals surface area contributed by atoms with Crippen LogP contribution in [0, 0.1) is 0 Å². The Hall–Kier alpha value is -1.32. The van der Waals surface area contributed by atoms with Crippen molar-refractivity contribution < 1.29 is 0 Å². The highest BCUT2D eigenvalue weighted by atomic mass is 79.9. The first-order valence-electron chi connectivity index (χ1n) is 7.36. The lowest BCUT2D eigenvalue weighted by molar-refractivity contribution is 0.549. The first kappa shape index (κ1) is 16.1. The molecule has 0 aliphatic carbocycles. The molecule has 0 bridgehead atoms. The molecule has 0 heterocycles. The second-order valence-electron chi connectivity index (χ2n) is 5.40. The molecule has 0 fully saturated rings. The van der Waals surface area contributed by atoms with Crippen molar-refractivity contribution in [2.75, 3.05) is 25.5 Å². The van der Waals surface area contributed by atoms with E-state index in [-0.39, 0.29) is 0 Å². The molecule has 0 aromatic heterocycles. The molecule has 0 saturated heterocycles. The van der Waals surface area contributed by atoms with Crippen molar-refractivity contribution in [2.45, 2.75) is 19.4 Å².